The van der Waals surface area contributed by atoms with Crippen molar-refractivity contribution in [3.8, 4) is 0 Å². The van der Waals surface area contributed by atoms with E-state index in [2.05, 4.69) is 17.6 Å². The Morgan fingerprint density at radius 2 is 1.67 bits per heavy atom. The first-order valence-corrected chi connectivity index (χ1v) is 7.42. The van der Waals surface area contributed by atoms with Gasteiger partial charge in [-0.2, -0.15) is 0 Å². The Balaban J connectivity index is 1.92. The summed E-state index contributed by atoms with van der Waals surface area (Å²) in [6.07, 6.45) is 0.973. The summed E-state index contributed by atoms with van der Waals surface area (Å²) in [5, 5.41) is 6.74. The summed E-state index contributed by atoms with van der Waals surface area (Å²) in [5.41, 5.74) is 2.57. The van der Waals surface area contributed by atoms with Crippen LogP contribution in [0.15, 0.2) is 42.5 Å². The number of nitrogens with one attached hydrogen (secondary N) is 2. The lowest BCUT2D eigenvalue weighted by molar-refractivity contribution is -0.114. The first kappa shape index (κ1) is 15.7. The van der Waals surface area contributed by atoms with Crippen LogP contribution in [-0.2, 0) is 11.2 Å². The van der Waals surface area contributed by atoms with Crippen LogP contribution in [0.3, 0.4) is 0 Å². The molecule has 0 aromatic heterocycles. The Labute approximate surface area is 134 Å². The SMILES string of the molecule is CCc1ccc(NC(=O)CNc2c(Cl)cccc2Cl)cc1. The summed E-state index contributed by atoms with van der Waals surface area (Å²) in [6.45, 7) is 2.18. The van der Waals surface area contributed by atoms with Gasteiger partial charge in [0.25, 0.3) is 0 Å². The average molecular weight is 323 g/mol. The van der Waals surface area contributed by atoms with E-state index in [4.69, 9.17) is 23.2 Å². The van der Waals surface area contributed by atoms with Gasteiger partial charge in [-0.15, -0.1) is 0 Å². The van der Waals surface area contributed by atoms with Crippen molar-refractivity contribution in [1.29, 1.82) is 0 Å². The molecule has 21 heavy (non-hydrogen) atoms. The molecule has 0 atom stereocenters. The molecular formula is C16H16Cl2N2O. The van der Waals surface area contributed by atoms with Crippen LogP contribution in [0, 0.1) is 0 Å². The molecule has 0 aliphatic heterocycles. The fourth-order valence-electron chi connectivity index (χ4n) is 1.86. The second-order valence-corrected chi connectivity index (χ2v) is 5.36. The molecule has 0 radical (unpaired) electrons. The number of para-hydroxylation sites is 1. The van der Waals surface area contributed by atoms with Crippen molar-refractivity contribution in [2.45, 2.75) is 13.3 Å². The summed E-state index contributed by atoms with van der Waals surface area (Å²) in [6, 6.07) is 13.0. The van der Waals surface area contributed by atoms with Gasteiger partial charge in [0.1, 0.15) is 0 Å². The van der Waals surface area contributed by atoms with Crippen LogP contribution in [0.2, 0.25) is 10.0 Å². The first-order valence-electron chi connectivity index (χ1n) is 6.67. The molecule has 2 aromatic rings. The van der Waals surface area contributed by atoms with Crippen molar-refractivity contribution in [1.82, 2.24) is 0 Å². The molecule has 0 saturated heterocycles. The average Bonchev–Trinajstić information content (AvgIpc) is 2.47. The highest BCUT2D eigenvalue weighted by molar-refractivity contribution is 6.39. The Morgan fingerprint density at radius 1 is 1.05 bits per heavy atom. The van der Waals surface area contributed by atoms with E-state index in [1.807, 2.05) is 24.3 Å². The minimum Gasteiger partial charge on any atom is -0.374 e. The third kappa shape index (κ3) is 4.38. The molecule has 0 bridgehead atoms. The molecule has 0 unspecified atom stereocenters. The predicted octanol–water partition coefficient (Wildman–Crippen LogP) is 4.61. The monoisotopic (exact) mass is 322 g/mol. The quantitative estimate of drug-likeness (QED) is 0.844. The second kappa shape index (κ2) is 7.34. The number of halogens is 2. The van der Waals surface area contributed by atoms with E-state index >= 15 is 0 Å². The van der Waals surface area contributed by atoms with E-state index in [0.29, 0.717) is 15.7 Å². The minimum absolute atomic E-state index is 0.0962. The molecule has 2 N–H and O–H groups in total. The Kier molecular flexibility index (Phi) is 5.48. The van der Waals surface area contributed by atoms with Gasteiger partial charge >= 0.3 is 0 Å². The summed E-state index contributed by atoms with van der Waals surface area (Å²) in [7, 11) is 0. The van der Waals surface area contributed by atoms with E-state index in [-0.39, 0.29) is 12.5 Å². The smallest absolute Gasteiger partial charge is 0.243 e. The largest absolute Gasteiger partial charge is 0.374 e. The number of hydrogen-bond donors (Lipinski definition) is 2. The number of anilines is 2. The Hall–Kier alpha value is -1.71. The van der Waals surface area contributed by atoms with Gasteiger partial charge in [-0.05, 0) is 36.2 Å². The van der Waals surface area contributed by atoms with Crippen LogP contribution in [-0.4, -0.2) is 12.5 Å². The zero-order chi connectivity index (χ0) is 15.2. The van der Waals surface area contributed by atoms with Gasteiger partial charge in [0, 0.05) is 5.69 Å². The number of carbonyl (C=O) groups is 1. The van der Waals surface area contributed by atoms with Crippen LogP contribution < -0.4 is 10.6 Å². The van der Waals surface area contributed by atoms with Crippen molar-refractivity contribution in [2.24, 2.45) is 0 Å². The summed E-state index contributed by atoms with van der Waals surface area (Å²) < 4.78 is 0. The molecule has 110 valence electrons. The number of aryl methyl sites for hydroxylation is 1. The molecular weight excluding hydrogens is 307 g/mol. The molecule has 3 nitrogen and oxygen atoms in total. The highest BCUT2D eigenvalue weighted by Gasteiger charge is 2.07. The first-order chi connectivity index (χ1) is 10.1. The summed E-state index contributed by atoms with van der Waals surface area (Å²) >= 11 is 12.1. The van der Waals surface area contributed by atoms with Crippen molar-refractivity contribution in [3.05, 3.63) is 58.1 Å². The van der Waals surface area contributed by atoms with E-state index < -0.39 is 0 Å². The standard InChI is InChI=1S/C16H16Cl2N2O/c1-2-11-6-8-12(9-7-11)20-15(21)10-19-16-13(17)4-3-5-14(16)18/h3-9,19H,2,10H2,1H3,(H,20,21). The maximum Gasteiger partial charge on any atom is 0.243 e. The molecule has 1 amide bonds. The summed E-state index contributed by atoms with van der Waals surface area (Å²) in [4.78, 5) is 11.9. The molecule has 0 saturated carbocycles. The number of benzene rings is 2. The third-order valence-corrected chi connectivity index (χ3v) is 3.66. The van der Waals surface area contributed by atoms with E-state index in [9.17, 15) is 4.79 Å². The number of hydrogen-bond acceptors (Lipinski definition) is 2. The normalized spacial score (nSPS) is 10.2. The topological polar surface area (TPSA) is 41.1 Å². The summed E-state index contributed by atoms with van der Waals surface area (Å²) in [5.74, 6) is -0.157. The van der Waals surface area contributed by atoms with E-state index in [1.165, 1.54) is 5.56 Å². The van der Waals surface area contributed by atoms with Crippen molar-refractivity contribution >= 4 is 40.5 Å². The third-order valence-electron chi connectivity index (χ3n) is 3.03. The van der Waals surface area contributed by atoms with Crippen molar-refractivity contribution in [2.75, 3.05) is 17.2 Å². The number of rotatable bonds is 5. The predicted molar refractivity (Wildman–Crippen MR) is 89.4 cm³/mol. The van der Waals surface area contributed by atoms with Crippen LogP contribution in [0.4, 0.5) is 11.4 Å². The van der Waals surface area contributed by atoms with E-state index in [0.717, 1.165) is 12.1 Å². The number of carbonyl (C=O) groups excluding carboxylic acids is 1. The lowest BCUT2D eigenvalue weighted by Crippen LogP contribution is -2.22. The van der Waals surface area contributed by atoms with E-state index in [1.54, 1.807) is 18.2 Å². The zero-order valence-corrected chi connectivity index (χ0v) is 13.1. The molecule has 2 aromatic carbocycles. The van der Waals surface area contributed by atoms with Gasteiger partial charge in [-0.25, -0.2) is 0 Å². The van der Waals surface area contributed by atoms with Crippen molar-refractivity contribution < 1.29 is 4.79 Å². The Morgan fingerprint density at radius 3 is 2.24 bits per heavy atom. The van der Waals surface area contributed by atoms with Gasteiger partial charge in [-0.3, -0.25) is 4.79 Å². The molecule has 0 fully saturated rings. The van der Waals surface area contributed by atoms with Gasteiger partial charge in [-0.1, -0.05) is 48.3 Å². The molecule has 2 rings (SSSR count). The molecule has 5 heteroatoms. The van der Waals surface area contributed by atoms with Gasteiger partial charge in [0.2, 0.25) is 5.91 Å². The van der Waals surface area contributed by atoms with Gasteiger partial charge in [0.05, 0.1) is 22.3 Å². The lowest BCUT2D eigenvalue weighted by atomic mass is 10.1. The highest BCUT2D eigenvalue weighted by atomic mass is 35.5. The van der Waals surface area contributed by atoms with Gasteiger partial charge < -0.3 is 10.6 Å². The maximum atomic E-state index is 11.9. The van der Waals surface area contributed by atoms with Gasteiger partial charge in [0.15, 0.2) is 0 Å². The fourth-order valence-corrected chi connectivity index (χ4v) is 2.40. The lowest BCUT2D eigenvalue weighted by Gasteiger charge is -2.10. The van der Waals surface area contributed by atoms with Crippen LogP contribution in [0.1, 0.15) is 12.5 Å². The highest BCUT2D eigenvalue weighted by Crippen LogP contribution is 2.29. The second-order valence-electron chi connectivity index (χ2n) is 4.55. The molecule has 0 spiro atoms. The minimum atomic E-state index is -0.157. The Bertz CT molecular complexity index is 606. The zero-order valence-electron chi connectivity index (χ0n) is 11.6. The van der Waals surface area contributed by atoms with Crippen LogP contribution in [0.25, 0.3) is 0 Å². The molecule has 0 aliphatic carbocycles. The fraction of sp³-hybridized carbons (Fsp3) is 0.188. The number of amides is 1. The van der Waals surface area contributed by atoms with Crippen LogP contribution in [0.5, 0.6) is 0 Å². The maximum absolute atomic E-state index is 11.9. The van der Waals surface area contributed by atoms with Crippen molar-refractivity contribution in [3.63, 3.8) is 0 Å². The molecule has 0 heterocycles. The molecule has 0 aliphatic rings. The van der Waals surface area contributed by atoms with Crippen LogP contribution >= 0.6 is 23.2 Å².